The van der Waals surface area contributed by atoms with Gasteiger partial charge in [0.25, 0.3) is 0 Å². The molecule has 0 bridgehead atoms. The molecule has 10 heavy (non-hydrogen) atoms. The van der Waals surface area contributed by atoms with Crippen LogP contribution < -0.4 is 5.32 Å². The number of halogens is 1. The molecule has 0 aromatic rings. The second-order valence-electron chi connectivity index (χ2n) is 3.27. The average Bonchev–Trinajstić information content (AvgIpc) is 1.87. The van der Waals surface area contributed by atoms with Crippen LogP contribution in [0.1, 0.15) is 12.8 Å². The van der Waals surface area contributed by atoms with Gasteiger partial charge in [0.15, 0.2) is 0 Å². The highest BCUT2D eigenvalue weighted by Crippen LogP contribution is 2.42. The van der Waals surface area contributed by atoms with Gasteiger partial charge >= 0.3 is 0 Å². The number of nitrogens with one attached hydrogen (secondary N) is 1. The molecule has 2 heterocycles. The van der Waals surface area contributed by atoms with Crippen molar-refractivity contribution < 1.29 is 0 Å². The summed E-state index contributed by atoms with van der Waals surface area (Å²) < 4.78 is 0. The summed E-state index contributed by atoms with van der Waals surface area (Å²) in [7, 11) is 0. The lowest BCUT2D eigenvalue weighted by Crippen LogP contribution is -2.48. The zero-order valence-electron chi connectivity index (χ0n) is 6.06. The van der Waals surface area contributed by atoms with Gasteiger partial charge in [-0.1, -0.05) is 0 Å². The first-order chi connectivity index (χ1) is 4.41. The van der Waals surface area contributed by atoms with Crippen molar-refractivity contribution in [2.24, 2.45) is 5.41 Å². The number of piperidine rings is 1. The molecule has 2 saturated heterocycles. The lowest BCUT2D eigenvalue weighted by molar-refractivity contribution is 0.262. The van der Waals surface area contributed by atoms with Gasteiger partial charge in [0, 0.05) is 23.5 Å². The Bertz CT molecular complexity index is 106. The Morgan fingerprint density at radius 3 is 2.40 bits per heavy atom. The Morgan fingerprint density at radius 1 is 1.30 bits per heavy atom. The third-order valence-electron chi connectivity index (χ3n) is 2.38. The van der Waals surface area contributed by atoms with Gasteiger partial charge in [-0.05, 0) is 19.4 Å². The summed E-state index contributed by atoms with van der Waals surface area (Å²) in [6, 6.07) is 0. The fourth-order valence-corrected chi connectivity index (χ4v) is 2.94. The number of rotatable bonds is 0. The molecule has 0 aromatic carbocycles. The first-order valence-electron chi connectivity index (χ1n) is 3.70. The monoisotopic (exact) mass is 179 g/mol. The van der Waals surface area contributed by atoms with Crippen LogP contribution in [0.3, 0.4) is 0 Å². The van der Waals surface area contributed by atoms with Crippen LogP contribution in [-0.2, 0) is 0 Å². The highest BCUT2D eigenvalue weighted by Gasteiger charge is 2.38. The average molecular weight is 180 g/mol. The Morgan fingerprint density at radius 2 is 2.10 bits per heavy atom. The molecule has 0 aliphatic carbocycles. The van der Waals surface area contributed by atoms with Crippen LogP contribution in [-0.4, -0.2) is 24.6 Å². The minimum atomic E-state index is 0. The van der Waals surface area contributed by atoms with Crippen molar-refractivity contribution in [1.29, 1.82) is 0 Å². The zero-order chi connectivity index (χ0) is 6.16. The number of hydrogen-bond acceptors (Lipinski definition) is 2. The van der Waals surface area contributed by atoms with E-state index >= 15 is 0 Å². The van der Waals surface area contributed by atoms with E-state index < -0.39 is 0 Å². The van der Waals surface area contributed by atoms with Gasteiger partial charge in [-0.15, -0.1) is 12.4 Å². The predicted octanol–water partition coefficient (Wildman–Crippen LogP) is 1.52. The molecule has 0 amide bonds. The van der Waals surface area contributed by atoms with Crippen LogP contribution in [0, 0.1) is 5.41 Å². The molecule has 1 spiro atoms. The summed E-state index contributed by atoms with van der Waals surface area (Å²) in [4.78, 5) is 0. The van der Waals surface area contributed by atoms with E-state index in [1.807, 2.05) is 0 Å². The minimum absolute atomic E-state index is 0. The summed E-state index contributed by atoms with van der Waals surface area (Å²) in [6.45, 7) is 2.55. The Balaban J connectivity index is 0.000000500. The molecule has 60 valence electrons. The Labute approximate surface area is 72.7 Å². The van der Waals surface area contributed by atoms with Crippen molar-refractivity contribution in [1.82, 2.24) is 5.32 Å². The Kier molecular flexibility index (Phi) is 2.90. The van der Waals surface area contributed by atoms with Crippen LogP contribution in [0.15, 0.2) is 0 Å². The topological polar surface area (TPSA) is 12.0 Å². The van der Waals surface area contributed by atoms with E-state index in [9.17, 15) is 0 Å². The third kappa shape index (κ3) is 1.44. The third-order valence-corrected chi connectivity index (χ3v) is 4.01. The summed E-state index contributed by atoms with van der Waals surface area (Å²) in [5, 5.41) is 3.46. The molecule has 2 aliphatic rings. The summed E-state index contributed by atoms with van der Waals surface area (Å²) >= 11 is 2.10. The SMILES string of the molecule is C1CNCC2(C1)CSC2.Cl. The van der Waals surface area contributed by atoms with E-state index in [0.717, 1.165) is 5.41 Å². The van der Waals surface area contributed by atoms with E-state index in [-0.39, 0.29) is 12.4 Å². The fraction of sp³-hybridized carbons (Fsp3) is 1.00. The fourth-order valence-electron chi connectivity index (χ4n) is 1.67. The molecule has 0 aromatic heterocycles. The highest BCUT2D eigenvalue weighted by molar-refractivity contribution is 8.00. The second-order valence-corrected chi connectivity index (χ2v) is 4.26. The maximum absolute atomic E-state index is 3.46. The molecule has 0 unspecified atom stereocenters. The first kappa shape index (κ1) is 8.69. The molecule has 2 fully saturated rings. The van der Waals surface area contributed by atoms with Crippen LogP contribution >= 0.6 is 24.2 Å². The van der Waals surface area contributed by atoms with Gasteiger partial charge in [-0.2, -0.15) is 11.8 Å². The Hall–Kier alpha value is 0.600. The summed E-state index contributed by atoms with van der Waals surface area (Å²) in [5.74, 6) is 2.83. The highest BCUT2D eigenvalue weighted by atomic mass is 35.5. The molecule has 0 radical (unpaired) electrons. The lowest BCUT2D eigenvalue weighted by atomic mass is 9.84. The van der Waals surface area contributed by atoms with E-state index in [0.29, 0.717) is 0 Å². The van der Waals surface area contributed by atoms with Gasteiger partial charge in [0.2, 0.25) is 0 Å². The van der Waals surface area contributed by atoms with Gasteiger partial charge in [0.05, 0.1) is 0 Å². The molecule has 2 aliphatic heterocycles. The van der Waals surface area contributed by atoms with Crippen molar-refractivity contribution in [3.05, 3.63) is 0 Å². The molecule has 1 N–H and O–H groups in total. The van der Waals surface area contributed by atoms with Crippen molar-refractivity contribution in [2.75, 3.05) is 24.6 Å². The van der Waals surface area contributed by atoms with E-state index in [2.05, 4.69) is 17.1 Å². The van der Waals surface area contributed by atoms with Gasteiger partial charge in [0.1, 0.15) is 0 Å². The summed E-state index contributed by atoms with van der Waals surface area (Å²) in [5.41, 5.74) is 0.753. The van der Waals surface area contributed by atoms with Crippen molar-refractivity contribution in [3.8, 4) is 0 Å². The van der Waals surface area contributed by atoms with Crippen molar-refractivity contribution >= 4 is 24.2 Å². The molecule has 3 heteroatoms. The van der Waals surface area contributed by atoms with E-state index in [4.69, 9.17) is 0 Å². The van der Waals surface area contributed by atoms with Crippen molar-refractivity contribution in [2.45, 2.75) is 12.8 Å². The first-order valence-corrected chi connectivity index (χ1v) is 4.85. The van der Waals surface area contributed by atoms with Gasteiger partial charge < -0.3 is 5.32 Å². The summed E-state index contributed by atoms with van der Waals surface area (Å²) in [6.07, 6.45) is 2.88. The van der Waals surface area contributed by atoms with Crippen LogP contribution in [0.2, 0.25) is 0 Å². The quantitative estimate of drug-likeness (QED) is 0.606. The number of thioether (sulfide) groups is 1. The molecular formula is C7H14ClNS. The maximum Gasteiger partial charge on any atom is 0.00237 e. The normalized spacial score (nSPS) is 28.8. The molecule has 2 rings (SSSR count). The largest absolute Gasteiger partial charge is 0.316 e. The smallest absolute Gasteiger partial charge is 0.00237 e. The van der Waals surface area contributed by atoms with Gasteiger partial charge in [-0.25, -0.2) is 0 Å². The lowest BCUT2D eigenvalue weighted by Gasteiger charge is -2.44. The van der Waals surface area contributed by atoms with Crippen LogP contribution in [0.25, 0.3) is 0 Å². The van der Waals surface area contributed by atoms with E-state index in [1.54, 1.807) is 0 Å². The molecule has 1 nitrogen and oxygen atoms in total. The number of hydrogen-bond donors (Lipinski definition) is 1. The van der Waals surface area contributed by atoms with Gasteiger partial charge in [-0.3, -0.25) is 0 Å². The predicted molar refractivity (Wildman–Crippen MR) is 49.1 cm³/mol. The second kappa shape index (κ2) is 3.33. The van der Waals surface area contributed by atoms with Crippen molar-refractivity contribution in [3.63, 3.8) is 0 Å². The molecule has 0 saturated carbocycles. The zero-order valence-corrected chi connectivity index (χ0v) is 7.69. The molecule has 0 atom stereocenters. The van der Waals surface area contributed by atoms with Crippen LogP contribution in [0.4, 0.5) is 0 Å². The van der Waals surface area contributed by atoms with Crippen LogP contribution in [0.5, 0.6) is 0 Å². The van der Waals surface area contributed by atoms with E-state index in [1.165, 1.54) is 37.4 Å². The maximum atomic E-state index is 3.46. The molecular weight excluding hydrogens is 166 g/mol. The minimum Gasteiger partial charge on any atom is -0.316 e. The standard InChI is InChI=1S/C7H13NS.ClH/c1-2-7(4-8-3-1)5-9-6-7;/h8H,1-6H2;1H.